The minimum absolute atomic E-state index is 0.0103. The van der Waals surface area contributed by atoms with Gasteiger partial charge in [0.25, 0.3) is 17.4 Å². The number of carbonyl (C=O) groups excluding carboxylic acids is 2. The number of ether oxygens (including phenoxy) is 1. The SMILES string of the molecule is O=C(Nc1ccc(OC(F)(F)F)cc1)c1ccc(N2CC3CC(C2)c2cccc(=O)n2C3)c(NC(=O)c2ccncc2)c1. The second-order valence-corrected chi connectivity index (χ2v) is 10.6. The van der Waals surface area contributed by atoms with Crippen LogP contribution in [0.4, 0.5) is 30.2 Å². The second-order valence-electron chi connectivity index (χ2n) is 10.6. The molecule has 2 aromatic heterocycles. The number of fused-ring (bicyclic) bond motifs is 4. The normalized spacial score (nSPS) is 17.5. The maximum atomic E-state index is 13.2. The Bertz CT molecular complexity index is 1720. The summed E-state index contributed by atoms with van der Waals surface area (Å²) in [6, 6.07) is 18.3. The number of carbonyl (C=O) groups is 2. The van der Waals surface area contributed by atoms with Crippen molar-refractivity contribution in [1.82, 2.24) is 9.55 Å². The Morgan fingerprint density at radius 1 is 0.860 bits per heavy atom. The summed E-state index contributed by atoms with van der Waals surface area (Å²) in [5, 5.41) is 5.61. The van der Waals surface area contributed by atoms with E-state index in [1.54, 1.807) is 42.5 Å². The minimum atomic E-state index is -4.82. The van der Waals surface area contributed by atoms with Gasteiger partial charge in [0.1, 0.15) is 5.75 Å². The molecule has 2 unspecified atom stereocenters. The van der Waals surface area contributed by atoms with Gasteiger partial charge in [-0.1, -0.05) is 6.07 Å². The van der Waals surface area contributed by atoms with Crippen molar-refractivity contribution in [3.63, 3.8) is 0 Å². The van der Waals surface area contributed by atoms with Crippen molar-refractivity contribution in [3.05, 3.63) is 112 Å². The van der Waals surface area contributed by atoms with Crippen molar-refractivity contribution in [2.45, 2.75) is 25.2 Å². The molecule has 4 heterocycles. The molecule has 2 atom stereocenters. The van der Waals surface area contributed by atoms with Gasteiger partial charge in [0.05, 0.1) is 11.4 Å². The zero-order valence-electron chi connectivity index (χ0n) is 22.7. The number of benzene rings is 2. The molecular weight excluding hydrogens is 563 g/mol. The number of anilines is 3. The Labute approximate surface area is 243 Å². The highest BCUT2D eigenvalue weighted by atomic mass is 19.4. The van der Waals surface area contributed by atoms with Crippen LogP contribution in [0.2, 0.25) is 0 Å². The molecule has 6 rings (SSSR count). The van der Waals surface area contributed by atoms with Gasteiger partial charge < -0.3 is 24.8 Å². The number of halogens is 3. The first kappa shape index (κ1) is 28.0. The highest BCUT2D eigenvalue weighted by Crippen LogP contribution is 2.39. The predicted molar refractivity (Wildman–Crippen MR) is 153 cm³/mol. The van der Waals surface area contributed by atoms with Crippen molar-refractivity contribution >= 4 is 28.9 Å². The Morgan fingerprint density at radius 3 is 2.35 bits per heavy atom. The molecular formula is C31H26F3N5O4. The van der Waals surface area contributed by atoms with Crippen LogP contribution in [0.5, 0.6) is 5.75 Å². The van der Waals surface area contributed by atoms with E-state index in [4.69, 9.17) is 0 Å². The summed E-state index contributed by atoms with van der Waals surface area (Å²) in [6.07, 6.45) is -0.852. The number of aromatic nitrogens is 2. The lowest BCUT2D eigenvalue weighted by Crippen LogP contribution is -2.47. The highest BCUT2D eigenvalue weighted by Gasteiger charge is 2.35. The minimum Gasteiger partial charge on any atom is -0.406 e. The Balaban J connectivity index is 1.27. The molecule has 0 spiro atoms. The van der Waals surface area contributed by atoms with Crippen LogP contribution >= 0.6 is 0 Å². The Hall–Kier alpha value is -5.13. The van der Waals surface area contributed by atoms with Crippen LogP contribution in [0.25, 0.3) is 0 Å². The quantitative estimate of drug-likeness (QED) is 0.318. The summed E-state index contributed by atoms with van der Waals surface area (Å²) in [6.45, 7) is 1.89. The summed E-state index contributed by atoms with van der Waals surface area (Å²) in [7, 11) is 0. The number of pyridine rings is 2. The third-order valence-corrected chi connectivity index (χ3v) is 7.62. The lowest BCUT2D eigenvalue weighted by molar-refractivity contribution is -0.274. The third-order valence-electron chi connectivity index (χ3n) is 7.62. The van der Waals surface area contributed by atoms with Gasteiger partial charge in [-0.15, -0.1) is 13.2 Å². The van der Waals surface area contributed by atoms with Crippen molar-refractivity contribution in [2.24, 2.45) is 5.92 Å². The molecule has 2 aliphatic rings. The van der Waals surface area contributed by atoms with E-state index in [-0.39, 0.29) is 34.6 Å². The molecule has 1 saturated heterocycles. The number of rotatable bonds is 6. The van der Waals surface area contributed by atoms with Crippen LogP contribution < -0.4 is 25.8 Å². The van der Waals surface area contributed by atoms with Crippen LogP contribution in [0, 0.1) is 5.92 Å². The first-order chi connectivity index (χ1) is 20.6. The number of nitrogens with one attached hydrogen (secondary N) is 2. The fourth-order valence-electron chi connectivity index (χ4n) is 5.79. The average molecular weight is 590 g/mol. The topological polar surface area (TPSA) is 106 Å². The number of piperidine rings is 1. The van der Waals surface area contributed by atoms with E-state index in [0.29, 0.717) is 30.9 Å². The molecule has 1 fully saturated rings. The molecule has 2 N–H and O–H groups in total. The van der Waals surface area contributed by atoms with Gasteiger partial charge in [0.2, 0.25) is 0 Å². The standard InChI is InChI=1S/C31H26F3N5O4/c32-31(33,34)43-24-7-5-23(6-8-24)36-30(42)21-4-9-27(25(15-21)37-29(41)20-10-12-35-13-11-20)38-16-19-14-22(18-38)26-2-1-3-28(40)39(26)17-19/h1-13,15,19,22H,14,16-18H2,(H,36,42)(H,37,41). The van der Waals surface area contributed by atoms with Crippen molar-refractivity contribution in [1.29, 1.82) is 0 Å². The molecule has 0 aliphatic carbocycles. The summed E-state index contributed by atoms with van der Waals surface area (Å²) >= 11 is 0. The van der Waals surface area contributed by atoms with Gasteiger partial charge in [0, 0.05) is 66.5 Å². The van der Waals surface area contributed by atoms with Gasteiger partial charge >= 0.3 is 6.36 Å². The van der Waals surface area contributed by atoms with Gasteiger partial charge in [0.15, 0.2) is 0 Å². The van der Waals surface area contributed by atoms with Crippen LogP contribution in [0.3, 0.4) is 0 Å². The zero-order valence-corrected chi connectivity index (χ0v) is 22.7. The average Bonchev–Trinajstić information content (AvgIpc) is 2.98. The van der Waals surface area contributed by atoms with Gasteiger partial charge in [-0.05, 0) is 73.0 Å². The van der Waals surface area contributed by atoms with E-state index < -0.39 is 18.0 Å². The number of hydrogen-bond donors (Lipinski definition) is 2. The van der Waals surface area contributed by atoms with Gasteiger partial charge in [-0.25, -0.2) is 0 Å². The smallest absolute Gasteiger partial charge is 0.406 e. The Morgan fingerprint density at radius 2 is 1.60 bits per heavy atom. The van der Waals surface area contributed by atoms with E-state index in [2.05, 4.69) is 25.3 Å². The van der Waals surface area contributed by atoms with Crippen molar-refractivity contribution in [3.8, 4) is 5.75 Å². The van der Waals surface area contributed by atoms with E-state index in [9.17, 15) is 27.6 Å². The van der Waals surface area contributed by atoms with Crippen LogP contribution in [-0.4, -0.2) is 40.8 Å². The third kappa shape index (κ3) is 6.22. The molecule has 2 aromatic carbocycles. The largest absolute Gasteiger partial charge is 0.573 e. The van der Waals surface area contributed by atoms with E-state index in [0.717, 1.165) is 29.9 Å². The maximum absolute atomic E-state index is 13.2. The van der Waals surface area contributed by atoms with Gasteiger partial charge in [-0.3, -0.25) is 19.4 Å². The van der Waals surface area contributed by atoms with E-state index in [1.165, 1.54) is 24.5 Å². The summed E-state index contributed by atoms with van der Waals surface area (Å²) in [5.74, 6) is -0.954. The van der Waals surface area contributed by atoms with Crippen molar-refractivity contribution < 1.29 is 27.5 Å². The summed E-state index contributed by atoms with van der Waals surface area (Å²) in [4.78, 5) is 44.9. The highest BCUT2D eigenvalue weighted by molar-refractivity contribution is 6.09. The van der Waals surface area contributed by atoms with Gasteiger partial charge in [-0.2, -0.15) is 0 Å². The molecule has 2 amide bonds. The van der Waals surface area contributed by atoms with Crippen LogP contribution in [0.15, 0.2) is 90.0 Å². The molecule has 9 nitrogen and oxygen atoms in total. The second kappa shape index (κ2) is 11.3. The van der Waals surface area contributed by atoms with E-state index >= 15 is 0 Å². The molecule has 4 aromatic rings. The lowest BCUT2D eigenvalue weighted by Gasteiger charge is -2.44. The molecule has 2 bridgehead atoms. The molecule has 43 heavy (non-hydrogen) atoms. The predicted octanol–water partition coefficient (Wildman–Crippen LogP) is 5.27. The molecule has 2 aliphatic heterocycles. The first-order valence-corrected chi connectivity index (χ1v) is 13.6. The van der Waals surface area contributed by atoms with E-state index in [1.807, 2.05) is 10.6 Å². The number of hydrogen-bond acceptors (Lipinski definition) is 6. The fourth-order valence-corrected chi connectivity index (χ4v) is 5.79. The zero-order chi connectivity index (χ0) is 30.1. The molecule has 220 valence electrons. The number of amides is 2. The summed E-state index contributed by atoms with van der Waals surface area (Å²) < 4.78 is 43.2. The molecule has 12 heteroatoms. The Kier molecular flexibility index (Phi) is 7.34. The first-order valence-electron chi connectivity index (χ1n) is 13.6. The number of nitrogens with zero attached hydrogens (tertiary/aromatic N) is 3. The van der Waals surface area contributed by atoms with Crippen molar-refractivity contribution in [2.75, 3.05) is 28.6 Å². The molecule has 0 saturated carbocycles. The fraction of sp³-hybridized carbons (Fsp3) is 0.226. The summed E-state index contributed by atoms with van der Waals surface area (Å²) in [5.41, 5.74) is 3.02. The van der Waals surface area contributed by atoms with Crippen LogP contribution in [-0.2, 0) is 6.54 Å². The molecule has 0 radical (unpaired) electrons. The van der Waals surface area contributed by atoms with Crippen LogP contribution in [0.1, 0.15) is 38.7 Å². The lowest BCUT2D eigenvalue weighted by atomic mass is 9.83. The number of alkyl halides is 3. The maximum Gasteiger partial charge on any atom is 0.573 e. The monoisotopic (exact) mass is 589 g/mol.